The van der Waals surface area contributed by atoms with E-state index in [1.807, 2.05) is 6.92 Å². The molecule has 0 aromatic rings. The largest absolute Gasteiger partial charge is 0.355 e. The van der Waals surface area contributed by atoms with Crippen LogP contribution in [0.25, 0.3) is 0 Å². The van der Waals surface area contributed by atoms with Gasteiger partial charge in [0.05, 0.1) is 6.04 Å². The quantitative estimate of drug-likeness (QED) is 0.625. The zero-order chi connectivity index (χ0) is 11.3. The standard InChI is InChI=1S/C11H23N3O/c1-3-4-5-6-13-11(15)9(2)14-7-10(12)8-14/h9-10H,3-8,12H2,1-2H3,(H,13,15). The van der Waals surface area contributed by atoms with Gasteiger partial charge in [-0.2, -0.15) is 0 Å². The number of carbonyl (C=O) groups is 1. The minimum absolute atomic E-state index is 0.0218. The lowest BCUT2D eigenvalue weighted by Crippen LogP contribution is -2.61. The van der Waals surface area contributed by atoms with Gasteiger partial charge in [0, 0.05) is 25.7 Å². The van der Waals surface area contributed by atoms with Crippen molar-refractivity contribution in [2.24, 2.45) is 5.73 Å². The predicted octanol–water partition coefficient (Wildman–Crippen LogP) is 0.324. The Morgan fingerprint density at radius 2 is 2.20 bits per heavy atom. The third-order valence-electron chi connectivity index (χ3n) is 2.94. The van der Waals surface area contributed by atoms with E-state index in [0.717, 1.165) is 26.1 Å². The molecule has 15 heavy (non-hydrogen) atoms. The summed E-state index contributed by atoms with van der Waals surface area (Å²) in [5.41, 5.74) is 5.67. The molecule has 4 heteroatoms. The van der Waals surface area contributed by atoms with Crippen molar-refractivity contribution in [3.63, 3.8) is 0 Å². The molecule has 1 atom stereocenters. The number of likely N-dealkylation sites (tertiary alicyclic amines) is 1. The van der Waals surface area contributed by atoms with Gasteiger partial charge >= 0.3 is 0 Å². The van der Waals surface area contributed by atoms with Crippen molar-refractivity contribution < 1.29 is 4.79 Å². The molecule has 0 bridgehead atoms. The molecule has 0 aromatic heterocycles. The van der Waals surface area contributed by atoms with Crippen molar-refractivity contribution in [3.8, 4) is 0 Å². The third kappa shape index (κ3) is 3.80. The first-order valence-corrected chi connectivity index (χ1v) is 5.92. The van der Waals surface area contributed by atoms with E-state index in [-0.39, 0.29) is 18.0 Å². The summed E-state index contributed by atoms with van der Waals surface area (Å²) in [6.07, 6.45) is 3.45. The maximum Gasteiger partial charge on any atom is 0.237 e. The van der Waals surface area contributed by atoms with E-state index in [9.17, 15) is 4.79 Å². The Morgan fingerprint density at radius 1 is 1.53 bits per heavy atom. The molecule has 1 rings (SSSR count). The van der Waals surface area contributed by atoms with Gasteiger partial charge in [-0.1, -0.05) is 19.8 Å². The van der Waals surface area contributed by atoms with Crippen LogP contribution in [-0.4, -0.2) is 42.5 Å². The molecule has 1 amide bonds. The van der Waals surface area contributed by atoms with Crippen LogP contribution in [0, 0.1) is 0 Å². The molecule has 0 aromatic carbocycles. The molecule has 0 spiro atoms. The first-order chi connectivity index (χ1) is 7.15. The Labute approximate surface area is 92.2 Å². The second-order valence-electron chi connectivity index (χ2n) is 4.39. The summed E-state index contributed by atoms with van der Waals surface area (Å²) in [4.78, 5) is 13.8. The second-order valence-corrected chi connectivity index (χ2v) is 4.39. The molecule has 0 aliphatic carbocycles. The summed E-state index contributed by atoms with van der Waals surface area (Å²) in [5.74, 6) is 0.137. The minimum Gasteiger partial charge on any atom is -0.355 e. The first-order valence-electron chi connectivity index (χ1n) is 5.92. The Kier molecular flexibility index (Phi) is 5.05. The van der Waals surface area contributed by atoms with Gasteiger partial charge in [-0.3, -0.25) is 9.69 Å². The van der Waals surface area contributed by atoms with E-state index in [4.69, 9.17) is 5.73 Å². The molecular formula is C11H23N3O. The van der Waals surface area contributed by atoms with Gasteiger partial charge in [-0.25, -0.2) is 0 Å². The fourth-order valence-corrected chi connectivity index (χ4v) is 1.77. The maximum absolute atomic E-state index is 11.7. The molecule has 1 saturated heterocycles. The monoisotopic (exact) mass is 213 g/mol. The van der Waals surface area contributed by atoms with Crippen LogP contribution >= 0.6 is 0 Å². The topological polar surface area (TPSA) is 58.4 Å². The normalized spacial score (nSPS) is 19.7. The highest BCUT2D eigenvalue weighted by Gasteiger charge is 2.30. The van der Waals surface area contributed by atoms with Crippen molar-refractivity contribution in [2.75, 3.05) is 19.6 Å². The number of unbranched alkanes of at least 4 members (excludes halogenated alkanes) is 2. The number of amides is 1. The van der Waals surface area contributed by atoms with Gasteiger partial charge in [0.1, 0.15) is 0 Å². The number of carbonyl (C=O) groups excluding carboxylic acids is 1. The number of nitrogens with two attached hydrogens (primary N) is 1. The van der Waals surface area contributed by atoms with Crippen LogP contribution in [0.1, 0.15) is 33.1 Å². The average Bonchev–Trinajstić information content (AvgIpc) is 2.18. The summed E-state index contributed by atoms with van der Waals surface area (Å²) >= 11 is 0. The van der Waals surface area contributed by atoms with Crippen LogP contribution in [0.3, 0.4) is 0 Å². The number of hydrogen-bond acceptors (Lipinski definition) is 3. The molecule has 3 N–H and O–H groups in total. The lowest BCUT2D eigenvalue weighted by molar-refractivity contribution is -0.127. The zero-order valence-electron chi connectivity index (χ0n) is 9.83. The highest BCUT2D eigenvalue weighted by molar-refractivity contribution is 5.81. The minimum atomic E-state index is -0.0218. The molecule has 1 aliphatic heterocycles. The molecule has 1 aliphatic rings. The summed E-state index contributed by atoms with van der Waals surface area (Å²) in [6.45, 7) is 6.61. The lowest BCUT2D eigenvalue weighted by atomic mass is 10.1. The van der Waals surface area contributed by atoms with Crippen molar-refractivity contribution in [2.45, 2.75) is 45.2 Å². The van der Waals surface area contributed by atoms with Gasteiger partial charge in [0.25, 0.3) is 0 Å². The van der Waals surface area contributed by atoms with Crippen LogP contribution in [0.15, 0.2) is 0 Å². The molecular weight excluding hydrogens is 190 g/mol. The molecule has 4 nitrogen and oxygen atoms in total. The van der Waals surface area contributed by atoms with E-state index < -0.39 is 0 Å². The summed E-state index contributed by atoms with van der Waals surface area (Å²) in [5, 5.41) is 2.96. The molecule has 1 unspecified atom stereocenters. The van der Waals surface area contributed by atoms with E-state index in [1.165, 1.54) is 12.8 Å². The SMILES string of the molecule is CCCCCNC(=O)C(C)N1CC(N)C1. The average molecular weight is 213 g/mol. The van der Waals surface area contributed by atoms with Crippen LogP contribution in [-0.2, 0) is 4.79 Å². The second kappa shape index (κ2) is 6.08. The fourth-order valence-electron chi connectivity index (χ4n) is 1.77. The van der Waals surface area contributed by atoms with Crippen molar-refractivity contribution in [1.82, 2.24) is 10.2 Å². The van der Waals surface area contributed by atoms with Crippen molar-refractivity contribution in [3.05, 3.63) is 0 Å². The van der Waals surface area contributed by atoms with E-state index >= 15 is 0 Å². The van der Waals surface area contributed by atoms with Crippen LogP contribution in [0.5, 0.6) is 0 Å². The van der Waals surface area contributed by atoms with Gasteiger partial charge in [-0.15, -0.1) is 0 Å². The maximum atomic E-state index is 11.7. The molecule has 0 radical (unpaired) electrons. The van der Waals surface area contributed by atoms with Gasteiger partial charge in [0.2, 0.25) is 5.91 Å². The Morgan fingerprint density at radius 3 is 2.73 bits per heavy atom. The van der Waals surface area contributed by atoms with Crippen LogP contribution in [0.4, 0.5) is 0 Å². The smallest absolute Gasteiger partial charge is 0.237 e. The number of rotatable bonds is 6. The first kappa shape index (κ1) is 12.5. The summed E-state index contributed by atoms with van der Waals surface area (Å²) in [7, 11) is 0. The lowest BCUT2D eigenvalue weighted by Gasteiger charge is -2.40. The molecule has 88 valence electrons. The third-order valence-corrected chi connectivity index (χ3v) is 2.94. The fraction of sp³-hybridized carbons (Fsp3) is 0.909. The summed E-state index contributed by atoms with van der Waals surface area (Å²) < 4.78 is 0. The van der Waals surface area contributed by atoms with Gasteiger partial charge < -0.3 is 11.1 Å². The zero-order valence-corrected chi connectivity index (χ0v) is 9.83. The molecule has 1 fully saturated rings. The van der Waals surface area contributed by atoms with Crippen LogP contribution < -0.4 is 11.1 Å². The van der Waals surface area contributed by atoms with E-state index in [0.29, 0.717) is 0 Å². The Bertz CT molecular complexity index is 202. The Balaban J connectivity index is 2.10. The Hall–Kier alpha value is -0.610. The molecule has 0 saturated carbocycles. The van der Waals surface area contributed by atoms with E-state index in [2.05, 4.69) is 17.1 Å². The summed E-state index contributed by atoms with van der Waals surface area (Å²) in [6, 6.07) is 0.242. The molecule has 1 heterocycles. The van der Waals surface area contributed by atoms with Crippen molar-refractivity contribution >= 4 is 5.91 Å². The predicted molar refractivity (Wildman–Crippen MR) is 61.5 cm³/mol. The number of hydrogen-bond donors (Lipinski definition) is 2. The number of nitrogens with zero attached hydrogens (tertiary/aromatic N) is 1. The highest BCUT2D eigenvalue weighted by atomic mass is 16.2. The highest BCUT2D eigenvalue weighted by Crippen LogP contribution is 2.10. The van der Waals surface area contributed by atoms with Crippen molar-refractivity contribution in [1.29, 1.82) is 0 Å². The van der Waals surface area contributed by atoms with E-state index in [1.54, 1.807) is 0 Å². The van der Waals surface area contributed by atoms with Gasteiger partial charge in [0.15, 0.2) is 0 Å². The number of nitrogens with one attached hydrogen (secondary N) is 1. The van der Waals surface area contributed by atoms with Gasteiger partial charge in [-0.05, 0) is 13.3 Å². The van der Waals surface area contributed by atoms with Crippen LogP contribution in [0.2, 0.25) is 0 Å².